The second kappa shape index (κ2) is 10.6. The number of aromatic nitrogens is 2. The van der Waals surface area contributed by atoms with Crippen molar-refractivity contribution in [2.45, 2.75) is 26.0 Å². The zero-order chi connectivity index (χ0) is 23.1. The van der Waals surface area contributed by atoms with E-state index in [0.717, 1.165) is 5.56 Å². The number of ether oxygens (including phenoxy) is 1. The zero-order valence-corrected chi connectivity index (χ0v) is 17.8. The molecule has 4 N–H and O–H groups in total. The van der Waals surface area contributed by atoms with E-state index in [1.807, 2.05) is 37.3 Å². The van der Waals surface area contributed by atoms with Crippen molar-refractivity contribution < 1.29 is 14.2 Å². The van der Waals surface area contributed by atoms with Crippen LogP contribution in [0.3, 0.4) is 0 Å². The van der Waals surface area contributed by atoms with Crippen molar-refractivity contribution in [1.82, 2.24) is 9.55 Å². The van der Waals surface area contributed by atoms with E-state index < -0.39 is 17.4 Å². The summed E-state index contributed by atoms with van der Waals surface area (Å²) >= 11 is 0. The number of anilines is 2. The minimum Gasteiger partial charge on any atom is -0.491 e. The van der Waals surface area contributed by atoms with Gasteiger partial charge in [0.15, 0.2) is 0 Å². The van der Waals surface area contributed by atoms with Crippen LogP contribution in [0, 0.1) is 5.82 Å². The van der Waals surface area contributed by atoms with Gasteiger partial charge >= 0.3 is 5.69 Å². The van der Waals surface area contributed by atoms with Crippen LogP contribution in [0.5, 0.6) is 5.75 Å². The number of aliphatic hydroxyl groups excluding tert-OH is 1. The molecular weight excluding hydrogens is 415 g/mol. The van der Waals surface area contributed by atoms with Crippen LogP contribution < -0.4 is 26.6 Å². The van der Waals surface area contributed by atoms with Crippen molar-refractivity contribution in [2.24, 2.45) is 0 Å². The number of H-pyrrole nitrogens is 1. The van der Waals surface area contributed by atoms with E-state index in [1.54, 1.807) is 4.90 Å². The smallest absolute Gasteiger partial charge is 0.330 e. The van der Waals surface area contributed by atoms with E-state index >= 15 is 0 Å². The number of nitrogens with one attached hydrogen (secondary N) is 1. The van der Waals surface area contributed by atoms with E-state index in [1.165, 1.54) is 28.8 Å². The third kappa shape index (κ3) is 5.76. The van der Waals surface area contributed by atoms with Gasteiger partial charge < -0.3 is 20.5 Å². The average Bonchev–Trinajstić information content (AvgIpc) is 2.77. The van der Waals surface area contributed by atoms with Crippen LogP contribution >= 0.6 is 0 Å². The first-order valence-electron chi connectivity index (χ1n) is 10.4. The van der Waals surface area contributed by atoms with Crippen molar-refractivity contribution >= 4 is 11.5 Å². The summed E-state index contributed by atoms with van der Waals surface area (Å²) in [5.41, 5.74) is 6.04. The molecule has 1 atom stereocenters. The predicted octanol–water partition coefficient (Wildman–Crippen LogP) is 1.96. The summed E-state index contributed by atoms with van der Waals surface area (Å²) in [6.45, 7) is 2.56. The number of benzene rings is 2. The molecule has 0 spiro atoms. The number of hydrogen-bond donors (Lipinski definition) is 3. The molecule has 3 aromatic rings. The summed E-state index contributed by atoms with van der Waals surface area (Å²) in [7, 11) is 0. The Morgan fingerprint density at radius 1 is 1.16 bits per heavy atom. The molecule has 1 aromatic heterocycles. The maximum atomic E-state index is 13.0. The Morgan fingerprint density at radius 3 is 2.50 bits per heavy atom. The molecule has 0 aliphatic heterocycles. The van der Waals surface area contributed by atoms with Gasteiger partial charge in [0.2, 0.25) is 0 Å². The number of hydrogen-bond acceptors (Lipinski definition) is 6. The minimum absolute atomic E-state index is 0.0303. The van der Waals surface area contributed by atoms with Gasteiger partial charge in [-0.2, -0.15) is 0 Å². The van der Waals surface area contributed by atoms with Crippen LogP contribution in [0.4, 0.5) is 15.9 Å². The third-order valence-electron chi connectivity index (χ3n) is 4.89. The first-order chi connectivity index (χ1) is 15.4. The second-order valence-electron chi connectivity index (χ2n) is 7.43. The van der Waals surface area contributed by atoms with Gasteiger partial charge in [-0.25, -0.2) is 9.18 Å². The van der Waals surface area contributed by atoms with Gasteiger partial charge in [-0.05, 0) is 36.2 Å². The number of halogens is 1. The number of nitrogens with two attached hydrogens (primary N) is 1. The minimum atomic E-state index is -0.958. The average molecular weight is 442 g/mol. The number of rotatable bonds is 10. The first kappa shape index (κ1) is 23.1. The Bertz CT molecular complexity index is 1130. The van der Waals surface area contributed by atoms with Gasteiger partial charge in [-0.1, -0.05) is 37.3 Å². The number of aliphatic hydroxyl groups is 1. The molecule has 0 saturated heterocycles. The van der Waals surface area contributed by atoms with Crippen molar-refractivity contribution in [3.05, 3.63) is 86.8 Å². The molecule has 2 aromatic carbocycles. The van der Waals surface area contributed by atoms with Crippen LogP contribution in [0.15, 0.2) is 64.2 Å². The topological polar surface area (TPSA) is 114 Å². The lowest BCUT2D eigenvalue weighted by Gasteiger charge is -2.28. The van der Waals surface area contributed by atoms with Crippen LogP contribution in [0.1, 0.15) is 18.9 Å². The van der Waals surface area contributed by atoms with Crippen LogP contribution in [0.2, 0.25) is 0 Å². The van der Waals surface area contributed by atoms with Gasteiger partial charge in [-0.3, -0.25) is 14.3 Å². The summed E-state index contributed by atoms with van der Waals surface area (Å²) in [5, 5.41) is 10.5. The lowest BCUT2D eigenvalue weighted by atomic mass is 10.2. The highest BCUT2D eigenvalue weighted by Crippen LogP contribution is 2.19. The maximum absolute atomic E-state index is 13.0. The molecule has 0 bridgehead atoms. The van der Waals surface area contributed by atoms with E-state index in [9.17, 15) is 19.1 Å². The maximum Gasteiger partial charge on any atom is 0.330 e. The summed E-state index contributed by atoms with van der Waals surface area (Å²) in [5.74, 6) is 0.0660. The highest BCUT2D eigenvalue weighted by atomic mass is 19.1. The first-order valence-corrected chi connectivity index (χ1v) is 10.4. The van der Waals surface area contributed by atoms with E-state index in [0.29, 0.717) is 18.7 Å². The summed E-state index contributed by atoms with van der Waals surface area (Å²) in [4.78, 5) is 29.0. The molecule has 0 aliphatic carbocycles. The Labute approximate surface area is 184 Å². The van der Waals surface area contributed by atoms with Gasteiger partial charge in [-0.15, -0.1) is 0 Å². The molecule has 0 saturated carbocycles. The Balaban J connectivity index is 1.81. The quantitative estimate of drug-likeness (QED) is 0.442. The molecular formula is C23H27FN4O4. The summed E-state index contributed by atoms with van der Waals surface area (Å²) < 4.78 is 19.8. The van der Waals surface area contributed by atoms with Gasteiger partial charge in [0.05, 0.1) is 6.54 Å². The fourth-order valence-corrected chi connectivity index (χ4v) is 3.40. The van der Waals surface area contributed by atoms with Crippen molar-refractivity contribution in [1.29, 1.82) is 0 Å². The normalized spacial score (nSPS) is 11.8. The van der Waals surface area contributed by atoms with Crippen LogP contribution in [-0.2, 0) is 6.54 Å². The Hall–Kier alpha value is -3.59. The summed E-state index contributed by atoms with van der Waals surface area (Å²) in [6.07, 6.45) is -0.276. The molecule has 0 aliphatic rings. The molecule has 1 unspecified atom stereocenters. The molecule has 8 nitrogen and oxygen atoms in total. The lowest BCUT2D eigenvalue weighted by Crippen LogP contribution is -2.42. The van der Waals surface area contributed by atoms with Gasteiger partial charge in [0.1, 0.15) is 35.8 Å². The van der Waals surface area contributed by atoms with Crippen LogP contribution in [-0.4, -0.2) is 40.5 Å². The monoisotopic (exact) mass is 442 g/mol. The van der Waals surface area contributed by atoms with Crippen molar-refractivity contribution in [3.63, 3.8) is 0 Å². The highest BCUT2D eigenvalue weighted by Gasteiger charge is 2.21. The highest BCUT2D eigenvalue weighted by molar-refractivity contribution is 5.62. The number of nitrogens with zero attached hydrogens (tertiary/aromatic N) is 2. The fraction of sp³-hybridized carbons (Fsp3) is 0.304. The third-order valence-corrected chi connectivity index (χ3v) is 4.89. The van der Waals surface area contributed by atoms with E-state index in [4.69, 9.17) is 10.5 Å². The van der Waals surface area contributed by atoms with E-state index in [-0.39, 0.29) is 37.0 Å². The lowest BCUT2D eigenvalue weighted by molar-refractivity contribution is 0.112. The second-order valence-corrected chi connectivity index (χ2v) is 7.43. The summed E-state index contributed by atoms with van der Waals surface area (Å²) in [6, 6.07) is 14.7. The van der Waals surface area contributed by atoms with Crippen molar-refractivity contribution in [2.75, 3.05) is 30.3 Å². The molecule has 1 heterocycles. The van der Waals surface area contributed by atoms with Gasteiger partial charge in [0.25, 0.3) is 5.56 Å². The Kier molecular flexibility index (Phi) is 7.67. The number of nitrogen functional groups attached to an aromatic ring is 1. The fourth-order valence-electron chi connectivity index (χ4n) is 3.40. The molecule has 0 amide bonds. The zero-order valence-electron chi connectivity index (χ0n) is 17.8. The van der Waals surface area contributed by atoms with Gasteiger partial charge in [0, 0.05) is 13.1 Å². The number of aromatic amines is 1. The standard InChI is InChI=1S/C23H27FN4O4/c1-2-12-27(14-18(29)15-32-19-10-8-17(24)9-11-19)20-21(25)28(23(31)26-22(20)30)13-16-6-4-3-5-7-16/h3-11,18,29H,2,12-15,25H2,1H3,(H,26,30,31). The van der Waals surface area contributed by atoms with E-state index in [2.05, 4.69) is 4.98 Å². The SMILES string of the molecule is CCCN(CC(O)COc1ccc(F)cc1)c1c(N)n(Cc2ccccc2)c(=O)[nH]c1=O. The van der Waals surface area contributed by atoms with Crippen molar-refractivity contribution in [3.8, 4) is 5.75 Å². The molecule has 0 radical (unpaired) electrons. The molecule has 3 rings (SSSR count). The Morgan fingerprint density at radius 2 is 1.84 bits per heavy atom. The molecule has 0 fully saturated rings. The molecule has 32 heavy (non-hydrogen) atoms. The predicted molar refractivity (Wildman–Crippen MR) is 122 cm³/mol. The molecule has 170 valence electrons. The molecule has 9 heteroatoms. The van der Waals surface area contributed by atoms with Crippen LogP contribution in [0.25, 0.3) is 0 Å². The largest absolute Gasteiger partial charge is 0.491 e.